The van der Waals surface area contributed by atoms with Crippen molar-refractivity contribution in [3.05, 3.63) is 18.0 Å². The number of rotatable bonds is 5. The first-order valence-electron chi connectivity index (χ1n) is 5.91. The van der Waals surface area contributed by atoms with E-state index in [1.807, 2.05) is 6.20 Å². The minimum atomic E-state index is 0.428. The van der Waals surface area contributed by atoms with E-state index in [9.17, 15) is 0 Å². The van der Waals surface area contributed by atoms with E-state index in [-0.39, 0.29) is 0 Å². The van der Waals surface area contributed by atoms with E-state index in [0.717, 1.165) is 5.92 Å². The highest BCUT2D eigenvalue weighted by Crippen LogP contribution is 2.28. The molecule has 2 atom stereocenters. The molecule has 3 heteroatoms. The third kappa shape index (κ3) is 2.81. The topological polar surface area (TPSA) is 29.9 Å². The van der Waals surface area contributed by atoms with Crippen molar-refractivity contribution < 1.29 is 0 Å². The van der Waals surface area contributed by atoms with Crippen LogP contribution in [0.4, 0.5) is 0 Å². The number of aryl methyl sites for hydroxylation is 1. The summed E-state index contributed by atoms with van der Waals surface area (Å²) in [5.74, 6) is 0.944. The Bertz CT molecular complexity index is 314. The fourth-order valence-electron chi connectivity index (χ4n) is 1.73. The summed E-state index contributed by atoms with van der Waals surface area (Å²) in [4.78, 5) is 0. The van der Waals surface area contributed by atoms with Crippen LogP contribution in [0.25, 0.3) is 0 Å². The Morgan fingerprint density at radius 1 is 1.53 bits per heavy atom. The number of hydrogen-bond donors (Lipinski definition) is 1. The van der Waals surface area contributed by atoms with Crippen molar-refractivity contribution in [2.24, 2.45) is 5.92 Å². The molecule has 2 rings (SSSR count). The predicted molar refractivity (Wildman–Crippen MR) is 61.9 cm³/mol. The van der Waals surface area contributed by atoms with Crippen LogP contribution in [0.3, 0.4) is 0 Å². The van der Waals surface area contributed by atoms with Gasteiger partial charge in [0.15, 0.2) is 0 Å². The van der Waals surface area contributed by atoms with Gasteiger partial charge in [-0.2, -0.15) is 5.10 Å². The van der Waals surface area contributed by atoms with Gasteiger partial charge in [0.05, 0.1) is 12.2 Å². The molecule has 0 aromatic carbocycles. The molecule has 1 aromatic rings. The van der Waals surface area contributed by atoms with E-state index in [2.05, 4.69) is 42.1 Å². The highest BCUT2D eigenvalue weighted by Gasteiger charge is 2.23. The molecule has 1 fully saturated rings. The Hall–Kier alpha value is -0.830. The average Bonchev–Trinajstić information content (AvgIpc) is 2.95. The fraction of sp³-hybridized carbons (Fsp3) is 0.750. The summed E-state index contributed by atoms with van der Waals surface area (Å²) in [5, 5.41) is 7.95. The van der Waals surface area contributed by atoms with Crippen LogP contribution in [-0.2, 0) is 0 Å². The zero-order chi connectivity index (χ0) is 10.8. The van der Waals surface area contributed by atoms with E-state index in [4.69, 9.17) is 0 Å². The second kappa shape index (κ2) is 4.35. The van der Waals surface area contributed by atoms with Crippen LogP contribution in [0.1, 0.15) is 38.3 Å². The van der Waals surface area contributed by atoms with Crippen LogP contribution in [-0.4, -0.2) is 22.4 Å². The van der Waals surface area contributed by atoms with Gasteiger partial charge >= 0.3 is 0 Å². The van der Waals surface area contributed by atoms with Crippen LogP contribution >= 0.6 is 0 Å². The molecule has 0 spiro atoms. The van der Waals surface area contributed by atoms with Crippen molar-refractivity contribution in [1.29, 1.82) is 0 Å². The summed E-state index contributed by atoms with van der Waals surface area (Å²) in [6.07, 6.45) is 6.86. The lowest BCUT2D eigenvalue weighted by Crippen LogP contribution is -2.35. The van der Waals surface area contributed by atoms with Crippen LogP contribution in [0.15, 0.2) is 12.4 Å². The summed E-state index contributed by atoms with van der Waals surface area (Å²) in [5.41, 5.74) is 1.23. The number of nitrogens with one attached hydrogen (secondary N) is 1. The van der Waals surface area contributed by atoms with Gasteiger partial charge in [0.2, 0.25) is 0 Å². The molecule has 84 valence electrons. The molecule has 1 aromatic heterocycles. The van der Waals surface area contributed by atoms with Crippen molar-refractivity contribution >= 4 is 0 Å². The maximum absolute atomic E-state index is 4.36. The molecular formula is C12H21N3. The molecule has 0 aliphatic heterocycles. The Labute approximate surface area is 91.9 Å². The van der Waals surface area contributed by atoms with Gasteiger partial charge in [0.25, 0.3) is 0 Å². The van der Waals surface area contributed by atoms with Gasteiger partial charge in [-0.1, -0.05) is 0 Å². The molecule has 1 aliphatic rings. The lowest BCUT2D eigenvalue weighted by atomic mass is 10.1. The normalized spacial score (nSPS) is 20.2. The van der Waals surface area contributed by atoms with Crippen LogP contribution in [0.5, 0.6) is 0 Å². The summed E-state index contributed by atoms with van der Waals surface area (Å²) in [6.45, 7) is 7.71. The summed E-state index contributed by atoms with van der Waals surface area (Å²) < 4.78 is 2.06. The monoisotopic (exact) mass is 207 g/mol. The maximum atomic E-state index is 4.36. The molecule has 1 aliphatic carbocycles. The van der Waals surface area contributed by atoms with E-state index >= 15 is 0 Å². The third-order valence-electron chi connectivity index (χ3n) is 3.30. The highest BCUT2D eigenvalue weighted by molar-refractivity contribution is 5.00. The zero-order valence-corrected chi connectivity index (χ0v) is 9.90. The molecule has 0 saturated heterocycles. The SMILES string of the molecule is Cc1cnn([C@H](C)[C@H](C)NCC2CC2)c1. The van der Waals surface area contributed by atoms with Gasteiger partial charge < -0.3 is 5.32 Å². The Morgan fingerprint density at radius 3 is 2.80 bits per heavy atom. The van der Waals surface area contributed by atoms with Gasteiger partial charge in [-0.15, -0.1) is 0 Å². The first-order chi connectivity index (χ1) is 7.16. The molecule has 0 amide bonds. The maximum Gasteiger partial charge on any atom is 0.0641 e. The van der Waals surface area contributed by atoms with Crippen LogP contribution in [0.2, 0.25) is 0 Å². The van der Waals surface area contributed by atoms with Crippen LogP contribution < -0.4 is 5.32 Å². The molecule has 1 N–H and O–H groups in total. The summed E-state index contributed by atoms with van der Waals surface area (Å²) in [7, 11) is 0. The standard InChI is InChI=1S/C12H21N3/c1-9-6-14-15(8-9)11(3)10(2)13-7-12-4-5-12/h6,8,10-13H,4-5,7H2,1-3H3/t10-,11+/m0/s1. The number of aromatic nitrogens is 2. The van der Waals surface area contributed by atoms with Gasteiger partial charge in [-0.05, 0) is 51.6 Å². The average molecular weight is 207 g/mol. The lowest BCUT2D eigenvalue weighted by molar-refractivity contribution is 0.362. The first kappa shape index (κ1) is 10.7. The molecule has 3 nitrogen and oxygen atoms in total. The quantitative estimate of drug-likeness (QED) is 0.801. The van der Waals surface area contributed by atoms with E-state index < -0.39 is 0 Å². The van der Waals surface area contributed by atoms with Crippen LogP contribution in [0, 0.1) is 12.8 Å². The Balaban J connectivity index is 1.85. The molecule has 15 heavy (non-hydrogen) atoms. The Morgan fingerprint density at radius 2 is 2.27 bits per heavy atom. The van der Waals surface area contributed by atoms with Crippen molar-refractivity contribution in [3.63, 3.8) is 0 Å². The molecule has 0 unspecified atom stereocenters. The molecule has 0 radical (unpaired) electrons. The smallest absolute Gasteiger partial charge is 0.0641 e. The fourth-order valence-corrected chi connectivity index (χ4v) is 1.73. The third-order valence-corrected chi connectivity index (χ3v) is 3.30. The highest BCUT2D eigenvalue weighted by atomic mass is 15.3. The summed E-state index contributed by atoms with van der Waals surface area (Å²) in [6, 6.07) is 0.919. The minimum absolute atomic E-state index is 0.428. The minimum Gasteiger partial charge on any atom is -0.312 e. The van der Waals surface area contributed by atoms with Crippen molar-refractivity contribution in [2.75, 3.05) is 6.54 Å². The molecule has 1 saturated carbocycles. The second-order valence-electron chi connectivity index (χ2n) is 4.88. The van der Waals surface area contributed by atoms with E-state index in [0.29, 0.717) is 12.1 Å². The van der Waals surface area contributed by atoms with Gasteiger partial charge in [0.1, 0.15) is 0 Å². The number of nitrogens with zero attached hydrogens (tertiary/aromatic N) is 2. The Kier molecular flexibility index (Phi) is 3.10. The number of hydrogen-bond acceptors (Lipinski definition) is 2. The van der Waals surface area contributed by atoms with E-state index in [1.165, 1.54) is 24.9 Å². The van der Waals surface area contributed by atoms with Gasteiger partial charge in [-0.25, -0.2) is 0 Å². The van der Waals surface area contributed by atoms with Crippen molar-refractivity contribution in [1.82, 2.24) is 15.1 Å². The van der Waals surface area contributed by atoms with Gasteiger partial charge in [0, 0.05) is 12.2 Å². The summed E-state index contributed by atoms with van der Waals surface area (Å²) >= 11 is 0. The largest absolute Gasteiger partial charge is 0.312 e. The van der Waals surface area contributed by atoms with Crippen molar-refractivity contribution in [2.45, 2.75) is 45.7 Å². The zero-order valence-electron chi connectivity index (χ0n) is 9.90. The molecule has 0 bridgehead atoms. The lowest BCUT2D eigenvalue weighted by Gasteiger charge is -2.21. The van der Waals surface area contributed by atoms with Crippen molar-refractivity contribution in [3.8, 4) is 0 Å². The van der Waals surface area contributed by atoms with Gasteiger partial charge in [-0.3, -0.25) is 4.68 Å². The second-order valence-corrected chi connectivity index (χ2v) is 4.88. The molecule has 1 heterocycles. The molecular weight excluding hydrogens is 186 g/mol. The van der Waals surface area contributed by atoms with E-state index in [1.54, 1.807) is 0 Å². The predicted octanol–water partition coefficient (Wildman–Crippen LogP) is 2.14. The first-order valence-corrected chi connectivity index (χ1v) is 5.91.